The van der Waals surface area contributed by atoms with Crippen molar-refractivity contribution in [3.8, 4) is 0 Å². The molecule has 0 aliphatic carbocycles. The van der Waals surface area contributed by atoms with E-state index in [9.17, 15) is 9.18 Å². The summed E-state index contributed by atoms with van der Waals surface area (Å²) >= 11 is 1.48. The first kappa shape index (κ1) is 18.3. The number of aromatic nitrogens is 1. The van der Waals surface area contributed by atoms with E-state index in [1.807, 2.05) is 43.3 Å². The molecule has 1 N–H and O–H groups in total. The molecule has 0 bridgehead atoms. The predicted molar refractivity (Wildman–Crippen MR) is 109 cm³/mol. The fraction of sp³-hybridized carbons (Fsp3) is 0.0909. The SMILES string of the molecule is Cc1ccc2oc(SCc3cccc(C(=O)Nc4ccc(F)cc4)c3)nc2c1. The Balaban J connectivity index is 1.44. The number of nitrogens with one attached hydrogen (secondary N) is 1. The lowest BCUT2D eigenvalue weighted by Crippen LogP contribution is -2.12. The van der Waals surface area contributed by atoms with Gasteiger partial charge in [-0.05, 0) is 66.6 Å². The van der Waals surface area contributed by atoms with Gasteiger partial charge in [0.05, 0.1) is 0 Å². The third-order valence-corrected chi connectivity index (χ3v) is 5.08. The fourth-order valence-corrected chi connectivity index (χ4v) is 3.54. The van der Waals surface area contributed by atoms with Gasteiger partial charge >= 0.3 is 0 Å². The lowest BCUT2D eigenvalue weighted by atomic mass is 10.1. The van der Waals surface area contributed by atoms with E-state index in [2.05, 4.69) is 10.3 Å². The molecule has 4 rings (SSSR count). The fourth-order valence-electron chi connectivity index (χ4n) is 2.76. The molecule has 0 atom stereocenters. The highest BCUT2D eigenvalue weighted by Gasteiger charge is 2.10. The van der Waals surface area contributed by atoms with Gasteiger partial charge in [0.2, 0.25) is 0 Å². The molecule has 0 radical (unpaired) electrons. The van der Waals surface area contributed by atoms with Crippen LogP contribution in [-0.4, -0.2) is 10.9 Å². The van der Waals surface area contributed by atoms with Crippen LogP contribution in [0.1, 0.15) is 21.5 Å². The number of oxazole rings is 1. The van der Waals surface area contributed by atoms with Gasteiger partial charge in [-0.3, -0.25) is 4.79 Å². The number of carbonyl (C=O) groups excluding carboxylic acids is 1. The third kappa shape index (κ3) is 4.23. The van der Waals surface area contributed by atoms with E-state index in [1.165, 1.54) is 36.0 Å². The maximum atomic E-state index is 13.0. The quantitative estimate of drug-likeness (QED) is 0.435. The minimum atomic E-state index is -0.341. The monoisotopic (exact) mass is 392 g/mol. The van der Waals surface area contributed by atoms with Crippen LogP contribution >= 0.6 is 11.8 Å². The van der Waals surface area contributed by atoms with E-state index in [0.717, 1.165) is 22.2 Å². The van der Waals surface area contributed by atoms with Crippen molar-refractivity contribution in [1.82, 2.24) is 4.98 Å². The van der Waals surface area contributed by atoms with Crippen molar-refractivity contribution in [2.75, 3.05) is 5.32 Å². The van der Waals surface area contributed by atoms with Crippen molar-refractivity contribution in [2.24, 2.45) is 0 Å². The zero-order valence-electron chi connectivity index (χ0n) is 15.1. The van der Waals surface area contributed by atoms with Crippen LogP contribution in [0, 0.1) is 12.7 Å². The molecule has 6 heteroatoms. The molecule has 0 saturated carbocycles. The molecular formula is C22H17FN2O2S. The molecule has 0 aliphatic heterocycles. The van der Waals surface area contributed by atoms with E-state index >= 15 is 0 Å². The van der Waals surface area contributed by atoms with Gasteiger partial charge in [-0.25, -0.2) is 9.37 Å². The zero-order chi connectivity index (χ0) is 19.5. The summed E-state index contributed by atoms with van der Waals surface area (Å²) in [6.07, 6.45) is 0. The van der Waals surface area contributed by atoms with E-state index < -0.39 is 0 Å². The molecule has 28 heavy (non-hydrogen) atoms. The van der Waals surface area contributed by atoms with Gasteiger partial charge in [0.1, 0.15) is 11.3 Å². The predicted octanol–water partition coefficient (Wildman–Crippen LogP) is 5.82. The number of nitrogens with zero attached hydrogens (tertiary/aromatic N) is 1. The summed E-state index contributed by atoms with van der Waals surface area (Å²) in [5, 5.41) is 3.37. The highest BCUT2D eigenvalue weighted by Crippen LogP contribution is 2.27. The number of carbonyl (C=O) groups is 1. The third-order valence-electron chi connectivity index (χ3n) is 4.18. The number of hydrogen-bond acceptors (Lipinski definition) is 4. The van der Waals surface area contributed by atoms with Crippen molar-refractivity contribution in [3.63, 3.8) is 0 Å². The number of fused-ring (bicyclic) bond motifs is 1. The van der Waals surface area contributed by atoms with Crippen LogP contribution in [0.4, 0.5) is 10.1 Å². The molecule has 0 saturated heterocycles. The standard InChI is InChI=1S/C22H17FN2O2S/c1-14-5-10-20-19(11-14)25-22(27-20)28-13-15-3-2-4-16(12-15)21(26)24-18-8-6-17(23)7-9-18/h2-12H,13H2,1H3,(H,24,26). The van der Waals surface area contributed by atoms with Crippen LogP contribution < -0.4 is 5.32 Å². The second kappa shape index (κ2) is 7.86. The van der Waals surface area contributed by atoms with Crippen molar-refractivity contribution < 1.29 is 13.6 Å². The average molecular weight is 392 g/mol. The lowest BCUT2D eigenvalue weighted by Gasteiger charge is -2.07. The van der Waals surface area contributed by atoms with E-state index in [1.54, 1.807) is 6.07 Å². The first-order chi connectivity index (χ1) is 13.6. The summed E-state index contributed by atoms with van der Waals surface area (Å²) in [5.41, 5.74) is 4.81. The van der Waals surface area contributed by atoms with Crippen LogP contribution in [0.2, 0.25) is 0 Å². The first-order valence-corrected chi connectivity index (χ1v) is 9.71. The Kier molecular flexibility index (Phi) is 5.12. The normalized spacial score (nSPS) is 10.9. The summed E-state index contributed by atoms with van der Waals surface area (Å²) in [6, 6.07) is 18.9. The Morgan fingerprint density at radius 3 is 2.75 bits per heavy atom. The maximum absolute atomic E-state index is 13.0. The molecule has 140 valence electrons. The van der Waals surface area contributed by atoms with Gasteiger partial charge in [-0.2, -0.15) is 0 Å². The van der Waals surface area contributed by atoms with Crippen LogP contribution in [0.5, 0.6) is 0 Å². The summed E-state index contributed by atoms with van der Waals surface area (Å²) in [5.74, 6) is 0.0471. The van der Waals surface area contributed by atoms with Gasteiger partial charge in [-0.1, -0.05) is 30.0 Å². The summed E-state index contributed by atoms with van der Waals surface area (Å²) in [7, 11) is 0. The molecule has 0 fully saturated rings. The number of rotatable bonds is 5. The van der Waals surface area contributed by atoms with Crippen LogP contribution in [0.3, 0.4) is 0 Å². The smallest absolute Gasteiger partial charge is 0.257 e. The number of aryl methyl sites for hydroxylation is 1. The molecule has 0 unspecified atom stereocenters. The second-order valence-corrected chi connectivity index (χ2v) is 7.33. The second-order valence-electron chi connectivity index (χ2n) is 6.40. The Hall–Kier alpha value is -3.12. The van der Waals surface area contributed by atoms with Gasteiger partial charge in [0.25, 0.3) is 11.1 Å². The summed E-state index contributed by atoms with van der Waals surface area (Å²) < 4.78 is 18.7. The van der Waals surface area contributed by atoms with Gasteiger partial charge in [0, 0.05) is 17.0 Å². The highest BCUT2D eigenvalue weighted by molar-refractivity contribution is 7.98. The molecule has 1 aromatic heterocycles. The Bertz CT molecular complexity index is 1140. The maximum Gasteiger partial charge on any atom is 0.257 e. The highest BCUT2D eigenvalue weighted by atomic mass is 32.2. The Morgan fingerprint density at radius 1 is 1.11 bits per heavy atom. The topological polar surface area (TPSA) is 55.1 Å². The zero-order valence-corrected chi connectivity index (χ0v) is 15.9. The van der Waals surface area contributed by atoms with Gasteiger partial charge in [-0.15, -0.1) is 0 Å². The Labute approximate surface area is 165 Å². The van der Waals surface area contributed by atoms with E-state index in [0.29, 0.717) is 22.2 Å². The van der Waals surface area contributed by atoms with Crippen LogP contribution in [0.15, 0.2) is 76.4 Å². The average Bonchev–Trinajstić information content (AvgIpc) is 3.10. The molecule has 4 nitrogen and oxygen atoms in total. The molecule has 0 aliphatic rings. The number of halogens is 1. The summed E-state index contributed by atoms with van der Waals surface area (Å²) in [4.78, 5) is 16.9. The van der Waals surface area contributed by atoms with Crippen LogP contribution in [-0.2, 0) is 5.75 Å². The molecule has 1 heterocycles. The number of hydrogen-bond donors (Lipinski definition) is 1. The largest absolute Gasteiger partial charge is 0.431 e. The van der Waals surface area contributed by atoms with E-state index in [4.69, 9.17) is 4.42 Å². The lowest BCUT2D eigenvalue weighted by molar-refractivity contribution is 0.102. The van der Waals surface area contributed by atoms with Crippen LogP contribution in [0.25, 0.3) is 11.1 Å². The minimum Gasteiger partial charge on any atom is -0.431 e. The first-order valence-electron chi connectivity index (χ1n) is 8.73. The number of anilines is 1. The Morgan fingerprint density at radius 2 is 1.93 bits per heavy atom. The van der Waals surface area contributed by atoms with Crippen molar-refractivity contribution in [2.45, 2.75) is 17.9 Å². The van der Waals surface area contributed by atoms with Crippen molar-refractivity contribution in [3.05, 3.63) is 89.2 Å². The number of thioether (sulfide) groups is 1. The molecule has 1 amide bonds. The van der Waals surface area contributed by atoms with Gasteiger partial charge in [0.15, 0.2) is 5.58 Å². The van der Waals surface area contributed by atoms with Gasteiger partial charge < -0.3 is 9.73 Å². The van der Waals surface area contributed by atoms with Crippen molar-refractivity contribution >= 4 is 34.5 Å². The molecule has 0 spiro atoms. The summed E-state index contributed by atoms with van der Waals surface area (Å²) in [6.45, 7) is 2.02. The number of benzene rings is 3. The number of amides is 1. The molecule has 4 aromatic rings. The minimum absolute atomic E-state index is 0.240. The molecular weight excluding hydrogens is 375 g/mol. The van der Waals surface area contributed by atoms with E-state index in [-0.39, 0.29) is 11.7 Å². The van der Waals surface area contributed by atoms with Crippen molar-refractivity contribution in [1.29, 1.82) is 0 Å². The molecule has 3 aromatic carbocycles.